The lowest BCUT2D eigenvalue weighted by atomic mass is 9.97. The Morgan fingerprint density at radius 3 is 2.65 bits per heavy atom. The lowest BCUT2D eigenvalue weighted by molar-refractivity contribution is -0.137. The summed E-state index contributed by atoms with van der Waals surface area (Å²) in [6.45, 7) is 0. The highest BCUT2D eigenvalue weighted by atomic mass is 32.1. The second-order valence-electron chi connectivity index (χ2n) is 4.68. The van der Waals surface area contributed by atoms with Gasteiger partial charge in [0.25, 0.3) is 0 Å². The zero-order chi connectivity index (χ0) is 14.2. The van der Waals surface area contributed by atoms with Gasteiger partial charge in [-0.15, -0.1) is 11.3 Å². The second kappa shape index (κ2) is 5.05. The van der Waals surface area contributed by atoms with Crippen molar-refractivity contribution in [3.63, 3.8) is 0 Å². The molecule has 0 aliphatic heterocycles. The van der Waals surface area contributed by atoms with Crippen LogP contribution in [0.2, 0.25) is 0 Å². The highest BCUT2D eigenvalue weighted by Gasteiger charge is 2.33. The maximum Gasteiger partial charge on any atom is 0.418 e. The van der Waals surface area contributed by atoms with Crippen LogP contribution >= 0.6 is 11.3 Å². The first-order chi connectivity index (χ1) is 9.55. The minimum atomic E-state index is -4.37. The van der Waals surface area contributed by atoms with Crippen molar-refractivity contribution in [1.29, 1.82) is 0 Å². The van der Waals surface area contributed by atoms with E-state index in [2.05, 4.69) is 4.99 Å². The number of alkyl halides is 3. The Labute approximate surface area is 118 Å². The number of rotatable bonds is 1. The van der Waals surface area contributed by atoms with Gasteiger partial charge in [-0.1, -0.05) is 12.1 Å². The Morgan fingerprint density at radius 2 is 1.85 bits per heavy atom. The van der Waals surface area contributed by atoms with Crippen LogP contribution in [0.15, 0.2) is 40.7 Å². The molecular weight excluding hydrogens is 283 g/mol. The van der Waals surface area contributed by atoms with Crippen molar-refractivity contribution in [3.8, 4) is 0 Å². The molecule has 2 aromatic rings. The number of benzene rings is 1. The normalized spacial score (nSPS) is 17.2. The van der Waals surface area contributed by atoms with Gasteiger partial charge >= 0.3 is 6.18 Å². The number of hydrogen-bond donors (Lipinski definition) is 0. The first kappa shape index (κ1) is 13.4. The maximum absolute atomic E-state index is 13.0. The molecule has 0 amide bonds. The Bertz CT molecular complexity index is 655. The standard InChI is InChI=1S/C15H12F3NS/c16-15(17,18)11-4-1-2-5-13(11)19-12-6-3-7-14-10(12)8-9-20-14/h1-2,4-5,8-9H,3,6-7H2. The number of halogens is 3. The highest BCUT2D eigenvalue weighted by Crippen LogP contribution is 2.37. The predicted octanol–water partition coefficient (Wildman–Crippen LogP) is 5.22. The summed E-state index contributed by atoms with van der Waals surface area (Å²) in [5.74, 6) is 0. The highest BCUT2D eigenvalue weighted by molar-refractivity contribution is 7.10. The molecule has 0 unspecified atom stereocenters. The molecule has 0 bridgehead atoms. The largest absolute Gasteiger partial charge is 0.418 e. The lowest BCUT2D eigenvalue weighted by Crippen LogP contribution is -2.10. The van der Waals surface area contributed by atoms with E-state index in [1.54, 1.807) is 17.4 Å². The van der Waals surface area contributed by atoms with Gasteiger partial charge in [-0.25, -0.2) is 0 Å². The minimum Gasteiger partial charge on any atom is -0.252 e. The molecule has 1 aliphatic rings. The molecule has 0 fully saturated rings. The quantitative estimate of drug-likeness (QED) is 0.683. The summed E-state index contributed by atoms with van der Waals surface area (Å²) < 4.78 is 38.9. The summed E-state index contributed by atoms with van der Waals surface area (Å²) in [5.41, 5.74) is 1.12. The molecule has 1 heterocycles. The molecule has 1 aliphatic carbocycles. The molecule has 1 aromatic heterocycles. The summed E-state index contributed by atoms with van der Waals surface area (Å²) in [7, 11) is 0. The van der Waals surface area contributed by atoms with E-state index >= 15 is 0 Å². The third-order valence-corrected chi connectivity index (χ3v) is 4.32. The molecule has 3 rings (SSSR count). The number of para-hydroxylation sites is 1. The molecule has 5 heteroatoms. The fraction of sp³-hybridized carbons (Fsp3) is 0.267. The Hall–Kier alpha value is -1.62. The molecule has 0 radical (unpaired) electrons. The summed E-state index contributed by atoms with van der Waals surface area (Å²) in [4.78, 5) is 5.52. The van der Waals surface area contributed by atoms with E-state index < -0.39 is 11.7 Å². The molecule has 0 saturated carbocycles. The second-order valence-corrected chi connectivity index (χ2v) is 5.69. The third-order valence-electron chi connectivity index (χ3n) is 3.34. The average Bonchev–Trinajstić information content (AvgIpc) is 2.87. The molecule has 1 aromatic carbocycles. The van der Waals surface area contributed by atoms with Crippen molar-refractivity contribution in [2.75, 3.05) is 0 Å². The fourth-order valence-corrected chi connectivity index (χ4v) is 3.36. The van der Waals surface area contributed by atoms with E-state index in [0.717, 1.165) is 36.6 Å². The van der Waals surface area contributed by atoms with E-state index in [-0.39, 0.29) is 5.69 Å². The molecule has 0 spiro atoms. The Morgan fingerprint density at radius 1 is 1.05 bits per heavy atom. The summed E-state index contributed by atoms with van der Waals surface area (Å²) in [5, 5.41) is 1.97. The van der Waals surface area contributed by atoms with Gasteiger partial charge in [0.1, 0.15) is 0 Å². The third kappa shape index (κ3) is 2.50. The zero-order valence-corrected chi connectivity index (χ0v) is 11.4. The lowest BCUT2D eigenvalue weighted by Gasteiger charge is -2.15. The van der Waals surface area contributed by atoms with Crippen LogP contribution in [0.5, 0.6) is 0 Å². The van der Waals surface area contributed by atoms with Gasteiger partial charge < -0.3 is 0 Å². The smallest absolute Gasteiger partial charge is 0.252 e. The monoisotopic (exact) mass is 295 g/mol. The van der Waals surface area contributed by atoms with Gasteiger partial charge in [0.05, 0.1) is 11.3 Å². The van der Waals surface area contributed by atoms with Crippen LogP contribution in [0, 0.1) is 0 Å². The van der Waals surface area contributed by atoms with Gasteiger partial charge in [0.15, 0.2) is 0 Å². The van der Waals surface area contributed by atoms with E-state index in [1.165, 1.54) is 17.0 Å². The van der Waals surface area contributed by atoms with Gasteiger partial charge in [0, 0.05) is 16.2 Å². The fourth-order valence-electron chi connectivity index (χ4n) is 2.41. The number of thiophene rings is 1. The van der Waals surface area contributed by atoms with E-state index in [0.29, 0.717) is 0 Å². The van der Waals surface area contributed by atoms with Crippen LogP contribution in [0.25, 0.3) is 0 Å². The average molecular weight is 295 g/mol. The van der Waals surface area contributed by atoms with Crippen molar-refractivity contribution in [2.45, 2.75) is 25.4 Å². The first-order valence-electron chi connectivity index (χ1n) is 6.36. The van der Waals surface area contributed by atoms with Crippen LogP contribution in [0.3, 0.4) is 0 Å². The van der Waals surface area contributed by atoms with Crippen LogP contribution in [0.1, 0.15) is 28.8 Å². The van der Waals surface area contributed by atoms with Gasteiger partial charge in [0.2, 0.25) is 0 Å². The molecule has 104 valence electrons. The topological polar surface area (TPSA) is 12.4 Å². The van der Waals surface area contributed by atoms with E-state index in [1.807, 2.05) is 11.4 Å². The first-order valence-corrected chi connectivity index (χ1v) is 7.24. The Kier molecular flexibility index (Phi) is 3.38. The number of aliphatic imine (C=N–C) groups is 1. The molecule has 0 N–H and O–H groups in total. The molecule has 1 nitrogen and oxygen atoms in total. The van der Waals surface area contributed by atoms with Crippen molar-refractivity contribution in [1.82, 2.24) is 0 Å². The zero-order valence-electron chi connectivity index (χ0n) is 10.6. The van der Waals surface area contributed by atoms with Crippen molar-refractivity contribution >= 4 is 22.7 Å². The maximum atomic E-state index is 13.0. The summed E-state index contributed by atoms with van der Waals surface area (Å²) >= 11 is 1.65. The van der Waals surface area contributed by atoms with Crippen molar-refractivity contribution in [3.05, 3.63) is 51.7 Å². The van der Waals surface area contributed by atoms with Crippen LogP contribution in [0.4, 0.5) is 18.9 Å². The Balaban J connectivity index is 2.07. The van der Waals surface area contributed by atoms with E-state index in [9.17, 15) is 13.2 Å². The van der Waals surface area contributed by atoms with Gasteiger partial charge in [-0.2, -0.15) is 13.2 Å². The SMILES string of the molecule is FC(F)(F)c1ccccc1N=C1CCCc2sccc21. The molecular formula is C15H12F3NS. The predicted molar refractivity (Wildman–Crippen MR) is 74.9 cm³/mol. The van der Waals surface area contributed by atoms with Crippen LogP contribution < -0.4 is 0 Å². The summed E-state index contributed by atoms with van der Waals surface area (Å²) in [6, 6.07) is 7.44. The number of nitrogens with zero attached hydrogens (tertiary/aromatic N) is 1. The number of hydrogen-bond acceptors (Lipinski definition) is 2. The number of aryl methyl sites for hydroxylation is 1. The van der Waals surface area contributed by atoms with E-state index in [4.69, 9.17) is 0 Å². The van der Waals surface area contributed by atoms with Gasteiger partial charge in [-0.3, -0.25) is 4.99 Å². The summed E-state index contributed by atoms with van der Waals surface area (Å²) in [6.07, 6.45) is -1.70. The molecule has 0 saturated heterocycles. The van der Waals surface area contributed by atoms with Crippen LogP contribution in [-0.4, -0.2) is 5.71 Å². The minimum absolute atomic E-state index is 0.00838. The molecule has 0 atom stereocenters. The molecule has 20 heavy (non-hydrogen) atoms. The van der Waals surface area contributed by atoms with Crippen LogP contribution in [-0.2, 0) is 12.6 Å². The number of fused-ring (bicyclic) bond motifs is 1. The van der Waals surface area contributed by atoms with Crippen molar-refractivity contribution in [2.24, 2.45) is 4.99 Å². The van der Waals surface area contributed by atoms with Gasteiger partial charge in [-0.05, 0) is 42.8 Å². The van der Waals surface area contributed by atoms with Crippen molar-refractivity contribution < 1.29 is 13.2 Å².